The molecule has 0 unspecified atom stereocenters. The number of rotatable bonds is 7. The standard InChI is InChI=1S/C29H31NO3/c1-21(23-12-6-3-7-13-23)30-28(31)27-15-9-8-14-26(27)24-16-18-25(19-17-24)29(32)33-20-22-10-4-2-5-11-22/h2-7,10-13,16-19,21,26-27H,8-9,14-15,20H2,1H3,(H,30,31)/t21-,26+,27-/m0/s1. The van der Waals surface area contributed by atoms with Gasteiger partial charge >= 0.3 is 5.97 Å². The molecule has 3 aromatic carbocycles. The molecule has 1 saturated carbocycles. The van der Waals surface area contributed by atoms with Crippen molar-refractivity contribution in [2.24, 2.45) is 5.92 Å². The monoisotopic (exact) mass is 441 g/mol. The Morgan fingerprint density at radius 2 is 1.52 bits per heavy atom. The lowest BCUT2D eigenvalue weighted by molar-refractivity contribution is -0.127. The van der Waals surface area contributed by atoms with Crippen LogP contribution < -0.4 is 5.32 Å². The third-order valence-electron chi connectivity index (χ3n) is 6.55. The predicted octanol–water partition coefficient (Wildman–Crippen LogP) is 6.19. The van der Waals surface area contributed by atoms with Gasteiger partial charge in [-0.1, -0.05) is 85.6 Å². The van der Waals surface area contributed by atoms with Gasteiger partial charge in [0.1, 0.15) is 6.61 Å². The third kappa shape index (κ3) is 5.89. The second kappa shape index (κ2) is 11.0. The Labute approximate surface area is 196 Å². The van der Waals surface area contributed by atoms with E-state index in [1.807, 2.05) is 91.9 Å². The first-order valence-corrected chi connectivity index (χ1v) is 11.8. The number of carbonyl (C=O) groups excluding carboxylic acids is 2. The predicted molar refractivity (Wildman–Crippen MR) is 130 cm³/mol. The second-order valence-corrected chi connectivity index (χ2v) is 8.82. The van der Waals surface area contributed by atoms with Gasteiger partial charge < -0.3 is 10.1 Å². The molecule has 1 aliphatic carbocycles. The zero-order valence-electron chi connectivity index (χ0n) is 19.1. The van der Waals surface area contributed by atoms with Crippen molar-refractivity contribution in [1.29, 1.82) is 0 Å². The number of esters is 1. The Morgan fingerprint density at radius 3 is 2.21 bits per heavy atom. The van der Waals surface area contributed by atoms with E-state index in [1.54, 1.807) is 0 Å². The van der Waals surface area contributed by atoms with Gasteiger partial charge in [0.25, 0.3) is 0 Å². The van der Waals surface area contributed by atoms with Gasteiger partial charge in [0.05, 0.1) is 11.6 Å². The molecule has 4 rings (SSSR count). The van der Waals surface area contributed by atoms with Gasteiger partial charge in [-0.15, -0.1) is 0 Å². The van der Waals surface area contributed by atoms with Crippen molar-refractivity contribution >= 4 is 11.9 Å². The first kappa shape index (κ1) is 22.8. The van der Waals surface area contributed by atoms with Gasteiger partial charge in [0, 0.05) is 5.92 Å². The van der Waals surface area contributed by atoms with E-state index in [0.29, 0.717) is 5.56 Å². The Bertz CT molecular complexity index is 1050. The van der Waals surface area contributed by atoms with E-state index in [0.717, 1.165) is 42.4 Å². The molecule has 0 radical (unpaired) electrons. The fourth-order valence-electron chi connectivity index (χ4n) is 4.66. The Morgan fingerprint density at radius 1 is 0.879 bits per heavy atom. The average molecular weight is 442 g/mol. The highest BCUT2D eigenvalue weighted by Crippen LogP contribution is 2.38. The summed E-state index contributed by atoms with van der Waals surface area (Å²) in [6.07, 6.45) is 4.05. The molecule has 0 spiro atoms. The summed E-state index contributed by atoms with van der Waals surface area (Å²) < 4.78 is 5.44. The molecule has 33 heavy (non-hydrogen) atoms. The van der Waals surface area contributed by atoms with E-state index in [-0.39, 0.29) is 36.4 Å². The van der Waals surface area contributed by atoms with Gasteiger partial charge in [0.2, 0.25) is 5.91 Å². The average Bonchev–Trinajstić information content (AvgIpc) is 2.88. The van der Waals surface area contributed by atoms with Crippen molar-refractivity contribution in [1.82, 2.24) is 5.32 Å². The van der Waals surface area contributed by atoms with Crippen LogP contribution >= 0.6 is 0 Å². The van der Waals surface area contributed by atoms with Crippen molar-refractivity contribution < 1.29 is 14.3 Å². The summed E-state index contributed by atoms with van der Waals surface area (Å²) in [5.74, 6) is -0.112. The highest BCUT2D eigenvalue weighted by atomic mass is 16.5. The van der Waals surface area contributed by atoms with Crippen molar-refractivity contribution in [3.63, 3.8) is 0 Å². The van der Waals surface area contributed by atoms with E-state index < -0.39 is 0 Å². The number of ether oxygens (including phenoxy) is 1. The largest absolute Gasteiger partial charge is 0.457 e. The van der Waals surface area contributed by atoms with Crippen LogP contribution in [-0.2, 0) is 16.1 Å². The molecule has 3 aromatic rings. The van der Waals surface area contributed by atoms with E-state index >= 15 is 0 Å². The van der Waals surface area contributed by atoms with Crippen LogP contribution in [0.4, 0.5) is 0 Å². The number of benzene rings is 3. The highest BCUT2D eigenvalue weighted by Gasteiger charge is 2.32. The van der Waals surface area contributed by atoms with Crippen molar-refractivity contribution in [3.05, 3.63) is 107 Å². The Hall–Kier alpha value is -3.40. The van der Waals surface area contributed by atoms with Crippen LogP contribution in [0.25, 0.3) is 0 Å². The topological polar surface area (TPSA) is 55.4 Å². The van der Waals surface area contributed by atoms with Crippen LogP contribution in [0, 0.1) is 5.92 Å². The summed E-state index contributed by atoms with van der Waals surface area (Å²) >= 11 is 0. The number of hydrogen-bond acceptors (Lipinski definition) is 3. The lowest BCUT2D eigenvalue weighted by Gasteiger charge is -2.32. The molecule has 3 atom stereocenters. The molecule has 170 valence electrons. The fourth-order valence-corrected chi connectivity index (χ4v) is 4.66. The van der Waals surface area contributed by atoms with E-state index in [9.17, 15) is 9.59 Å². The quantitative estimate of drug-likeness (QED) is 0.445. The summed E-state index contributed by atoms with van der Waals surface area (Å²) in [5, 5.41) is 3.21. The SMILES string of the molecule is C[C@H](NC(=O)[C@H]1CCCC[C@@H]1c1ccc(C(=O)OCc2ccccc2)cc1)c1ccccc1. The molecule has 4 heteroatoms. The molecule has 0 heterocycles. The zero-order valence-corrected chi connectivity index (χ0v) is 19.1. The van der Waals surface area contributed by atoms with Crippen LogP contribution in [0.15, 0.2) is 84.9 Å². The number of carbonyl (C=O) groups is 2. The van der Waals surface area contributed by atoms with Crippen LogP contribution in [0.2, 0.25) is 0 Å². The first-order valence-electron chi connectivity index (χ1n) is 11.8. The molecule has 0 aromatic heterocycles. The number of nitrogens with one attached hydrogen (secondary N) is 1. The van der Waals surface area contributed by atoms with Gasteiger partial charge in [-0.25, -0.2) is 4.79 Å². The summed E-state index contributed by atoms with van der Waals surface area (Å²) in [5.41, 5.74) is 3.71. The van der Waals surface area contributed by atoms with Crippen LogP contribution in [0.5, 0.6) is 0 Å². The van der Waals surface area contributed by atoms with Gasteiger partial charge in [-0.3, -0.25) is 4.79 Å². The molecule has 0 saturated heterocycles. The lowest BCUT2D eigenvalue weighted by atomic mass is 9.75. The molecule has 0 aliphatic heterocycles. The molecule has 1 fully saturated rings. The fraction of sp³-hybridized carbons (Fsp3) is 0.310. The highest BCUT2D eigenvalue weighted by molar-refractivity contribution is 5.89. The van der Waals surface area contributed by atoms with E-state index in [2.05, 4.69) is 5.32 Å². The molecule has 1 aliphatic rings. The summed E-state index contributed by atoms with van der Waals surface area (Å²) in [6.45, 7) is 2.28. The maximum Gasteiger partial charge on any atom is 0.338 e. The summed E-state index contributed by atoms with van der Waals surface area (Å²) in [6, 6.07) is 27.3. The minimum absolute atomic E-state index is 0.0250. The number of amides is 1. The molecule has 4 nitrogen and oxygen atoms in total. The molecule has 0 bridgehead atoms. The minimum atomic E-state index is -0.333. The van der Waals surface area contributed by atoms with E-state index in [1.165, 1.54) is 0 Å². The Kier molecular flexibility index (Phi) is 7.56. The second-order valence-electron chi connectivity index (χ2n) is 8.82. The minimum Gasteiger partial charge on any atom is -0.457 e. The first-order chi connectivity index (χ1) is 16.1. The van der Waals surface area contributed by atoms with Crippen LogP contribution in [-0.4, -0.2) is 11.9 Å². The van der Waals surface area contributed by atoms with Crippen LogP contribution in [0.1, 0.15) is 71.6 Å². The third-order valence-corrected chi connectivity index (χ3v) is 6.55. The zero-order chi connectivity index (χ0) is 23.0. The number of hydrogen-bond donors (Lipinski definition) is 1. The van der Waals surface area contributed by atoms with E-state index in [4.69, 9.17) is 4.74 Å². The van der Waals surface area contributed by atoms with Gasteiger partial charge in [-0.05, 0) is 54.5 Å². The maximum atomic E-state index is 13.2. The lowest BCUT2D eigenvalue weighted by Crippen LogP contribution is -2.37. The maximum absolute atomic E-state index is 13.2. The van der Waals surface area contributed by atoms with Crippen molar-refractivity contribution in [2.45, 2.75) is 51.2 Å². The van der Waals surface area contributed by atoms with Crippen molar-refractivity contribution in [3.8, 4) is 0 Å². The molecule has 1 amide bonds. The summed E-state index contributed by atoms with van der Waals surface area (Å²) in [4.78, 5) is 25.6. The van der Waals surface area contributed by atoms with Gasteiger partial charge in [-0.2, -0.15) is 0 Å². The normalized spacial score (nSPS) is 18.8. The Balaban J connectivity index is 1.40. The summed E-state index contributed by atoms with van der Waals surface area (Å²) in [7, 11) is 0. The molecular formula is C29H31NO3. The van der Waals surface area contributed by atoms with Crippen LogP contribution in [0.3, 0.4) is 0 Å². The van der Waals surface area contributed by atoms with Crippen molar-refractivity contribution in [2.75, 3.05) is 0 Å². The molecule has 1 N–H and O–H groups in total. The van der Waals surface area contributed by atoms with Gasteiger partial charge in [0.15, 0.2) is 0 Å². The smallest absolute Gasteiger partial charge is 0.338 e. The molecular weight excluding hydrogens is 410 g/mol.